The van der Waals surface area contributed by atoms with E-state index in [0.717, 1.165) is 17.4 Å². The second kappa shape index (κ2) is 5.49. The van der Waals surface area contributed by atoms with E-state index < -0.39 is 0 Å². The predicted octanol–water partition coefficient (Wildman–Crippen LogP) is 5.20. The lowest BCUT2D eigenvalue weighted by atomic mass is 9.79. The Morgan fingerprint density at radius 2 is 2.05 bits per heavy atom. The monoisotopic (exact) mass is 284 g/mol. The molecule has 0 radical (unpaired) electrons. The number of rotatable bonds is 3. The average molecular weight is 284 g/mol. The summed E-state index contributed by atoms with van der Waals surface area (Å²) in [6, 6.07) is 10.8. The van der Waals surface area contributed by atoms with Gasteiger partial charge in [0.05, 0.1) is 0 Å². The zero-order chi connectivity index (χ0) is 14.1. The number of nitrogens with zero attached hydrogens (tertiary/aromatic N) is 1. The Bertz CT molecular complexity index is 669. The summed E-state index contributed by atoms with van der Waals surface area (Å²) in [5, 5.41) is 0. The molecule has 20 heavy (non-hydrogen) atoms. The summed E-state index contributed by atoms with van der Waals surface area (Å²) >= 11 is 5.29. The Hall–Kier alpha value is -1.48. The molecule has 0 bridgehead atoms. The van der Waals surface area contributed by atoms with Crippen molar-refractivity contribution in [1.82, 2.24) is 9.97 Å². The van der Waals surface area contributed by atoms with Crippen LogP contribution in [0.5, 0.6) is 0 Å². The molecule has 1 saturated carbocycles. The summed E-state index contributed by atoms with van der Waals surface area (Å²) in [6.07, 6.45) is 4.02. The maximum absolute atomic E-state index is 5.29. The lowest BCUT2D eigenvalue weighted by Crippen LogP contribution is -2.08. The highest BCUT2D eigenvalue weighted by atomic mass is 32.1. The number of hydrogen-bond acceptors (Lipinski definition) is 2. The van der Waals surface area contributed by atoms with E-state index in [2.05, 4.69) is 48.1 Å². The largest absolute Gasteiger partial charge is 0.343 e. The van der Waals surface area contributed by atoms with Gasteiger partial charge in [0.25, 0.3) is 0 Å². The first-order valence-electron chi connectivity index (χ1n) is 7.35. The highest BCUT2D eigenvalue weighted by molar-refractivity contribution is 7.71. The molecular weight excluding hydrogens is 264 g/mol. The van der Waals surface area contributed by atoms with Gasteiger partial charge in [0, 0.05) is 11.6 Å². The van der Waals surface area contributed by atoms with Crippen LogP contribution in [0.15, 0.2) is 30.3 Å². The third kappa shape index (κ3) is 2.68. The van der Waals surface area contributed by atoms with E-state index in [1.807, 2.05) is 6.07 Å². The number of aromatic nitrogens is 2. The van der Waals surface area contributed by atoms with Crippen molar-refractivity contribution < 1.29 is 0 Å². The van der Waals surface area contributed by atoms with E-state index >= 15 is 0 Å². The van der Waals surface area contributed by atoms with Crippen molar-refractivity contribution in [3.63, 3.8) is 0 Å². The minimum atomic E-state index is 0.353. The zero-order valence-corrected chi connectivity index (χ0v) is 12.8. The summed E-state index contributed by atoms with van der Waals surface area (Å²) in [6.45, 7) is 4.25. The van der Waals surface area contributed by atoms with Crippen LogP contribution in [0.4, 0.5) is 0 Å². The van der Waals surface area contributed by atoms with Crippen LogP contribution in [0, 0.1) is 4.64 Å². The smallest absolute Gasteiger partial charge is 0.130 e. The van der Waals surface area contributed by atoms with Crippen molar-refractivity contribution in [2.24, 2.45) is 0 Å². The summed E-state index contributed by atoms with van der Waals surface area (Å²) < 4.78 is 0.663. The summed E-state index contributed by atoms with van der Waals surface area (Å²) in [5.74, 6) is 2.07. The predicted molar refractivity (Wildman–Crippen MR) is 85.5 cm³/mol. The van der Waals surface area contributed by atoms with Crippen LogP contribution in [0.25, 0.3) is 11.3 Å². The second-order valence-electron chi connectivity index (χ2n) is 5.93. The van der Waals surface area contributed by atoms with Gasteiger partial charge in [0.15, 0.2) is 0 Å². The molecule has 0 spiro atoms. The van der Waals surface area contributed by atoms with Crippen LogP contribution in [0.2, 0.25) is 0 Å². The standard InChI is InChI=1S/C17H20N2S/c1-11(2)17-18-15(10-16(20)19-17)14-8-4-7-13(9-14)12-5-3-6-12/h4,7-12H,3,5-6H2,1-2H3,(H,18,19,20). The van der Waals surface area contributed by atoms with Gasteiger partial charge in [0.2, 0.25) is 0 Å². The van der Waals surface area contributed by atoms with Crippen molar-refractivity contribution in [3.05, 3.63) is 46.4 Å². The molecule has 1 fully saturated rings. The molecule has 0 atom stereocenters. The fourth-order valence-corrected chi connectivity index (χ4v) is 2.82. The topological polar surface area (TPSA) is 28.7 Å². The Kier molecular flexibility index (Phi) is 3.70. The molecule has 1 aliphatic carbocycles. The molecular formula is C17H20N2S. The molecule has 1 aliphatic rings. The normalized spacial score (nSPS) is 15.3. The van der Waals surface area contributed by atoms with Crippen LogP contribution in [0.1, 0.15) is 56.3 Å². The van der Waals surface area contributed by atoms with Crippen LogP contribution in [-0.2, 0) is 0 Å². The molecule has 2 aromatic rings. The first-order chi connectivity index (χ1) is 9.63. The van der Waals surface area contributed by atoms with Crippen LogP contribution < -0.4 is 0 Å². The van der Waals surface area contributed by atoms with Crippen molar-refractivity contribution in [2.75, 3.05) is 0 Å². The SMILES string of the molecule is CC(C)c1nc(=S)cc(-c2cccc(C3CCC3)c2)[nH]1. The zero-order valence-electron chi connectivity index (χ0n) is 12.0. The van der Waals surface area contributed by atoms with Crippen molar-refractivity contribution in [3.8, 4) is 11.3 Å². The van der Waals surface area contributed by atoms with Gasteiger partial charge in [-0.15, -0.1) is 0 Å². The van der Waals surface area contributed by atoms with E-state index in [0.29, 0.717) is 10.6 Å². The molecule has 0 aliphatic heterocycles. The van der Waals surface area contributed by atoms with E-state index in [1.165, 1.54) is 30.4 Å². The Balaban J connectivity index is 2.01. The Morgan fingerprint density at radius 1 is 1.25 bits per heavy atom. The molecule has 0 saturated heterocycles. The van der Waals surface area contributed by atoms with Gasteiger partial charge in [-0.25, -0.2) is 4.98 Å². The van der Waals surface area contributed by atoms with Crippen LogP contribution in [0.3, 0.4) is 0 Å². The van der Waals surface area contributed by atoms with Gasteiger partial charge in [-0.05, 0) is 42.0 Å². The van der Waals surface area contributed by atoms with E-state index in [-0.39, 0.29) is 0 Å². The fraction of sp³-hybridized carbons (Fsp3) is 0.412. The summed E-state index contributed by atoms with van der Waals surface area (Å²) in [7, 11) is 0. The molecule has 1 aromatic carbocycles. The van der Waals surface area contributed by atoms with Gasteiger partial charge in [0.1, 0.15) is 10.5 Å². The molecule has 1 heterocycles. The lowest BCUT2D eigenvalue weighted by Gasteiger charge is -2.26. The van der Waals surface area contributed by atoms with Crippen molar-refractivity contribution >= 4 is 12.2 Å². The molecule has 3 heteroatoms. The third-order valence-corrected chi connectivity index (χ3v) is 4.29. The molecule has 0 amide bonds. The van der Waals surface area contributed by atoms with E-state index in [1.54, 1.807) is 0 Å². The lowest BCUT2D eigenvalue weighted by molar-refractivity contribution is 0.420. The van der Waals surface area contributed by atoms with Gasteiger partial charge in [-0.3, -0.25) is 0 Å². The van der Waals surface area contributed by atoms with E-state index in [9.17, 15) is 0 Å². The Morgan fingerprint density at radius 3 is 2.70 bits per heavy atom. The maximum atomic E-state index is 5.29. The molecule has 1 aromatic heterocycles. The van der Waals surface area contributed by atoms with Crippen LogP contribution >= 0.6 is 12.2 Å². The molecule has 0 unspecified atom stereocenters. The number of benzene rings is 1. The average Bonchev–Trinajstić information content (AvgIpc) is 2.36. The minimum absolute atomic E-state index is 0.353. The number of nitrogens with one attached hydrogen (secondary N) is 1. The van der Waals surface area contributed by atoms with Gasteiger partial charge in [-0.1, -0.05) is 50.7 Å². The van der Waals surface area contributed by atoms with E-state index in [4.69, 9.17) is 12.2 Å². The molecule has 104 valence electrons. The molecule has 1 N–H and O–H groups in total. The van der Waals surface area contributed by atoms with Gasteiger partial charge >= 0.3 is 0 Å². The second-order valence-corrected chi connectivity index (χ2v) is 6.34. The molecule has 2 nitrogen and oxygen atoms in total. The quantitative estimate of drug-likeness (QED) is 0.785. The fourth-order valence-electron chi connectivity index (χ4n) is 2.61. The Labute approximate surface area is 125 Å². The number of aromatic amines is 1. The number of hydrogen-bond donors (Lipinski definition) is 1. The van der Waals surface area contributed by atoms with Crippen molar-refractivity contribution in [2.45, 2.75) is 44.9 Å². The highest BCUT2D eigenvalue weighted by Gasteiger charge is 2.19. The minimum Gasteiger partial charge on any atom is -0.343 e. The van der Waals surface area contributed by atoms with Gasteiger partial charge in [-0.2, -0.15) is 0 Å². The first-order valence-corrected chi connectivity index (χ1v) is 7.76. The first kappa shape index (κ1) is 13.5. The number of H-pyrrole nitrogens is 1. The summed E-state index contributed by atoms with van der Waals surface area (Å²) in [5.41, 5.74) is 3.75. The van der Waals surface area contributed by atoms with Crippen LogP contribution in [-0.4, -0.2) is 9.97 Å². The summed E-state index contributed by atoms with van der Waals surface area (Å²) in [4.78, 5) is 7.83. The third-order valence-electron chi connectivity index (χ3n) is 4.08. The van der Waals surface area contributed by atoms with Crippen molar-refractivity contribution in [1.29, 1.82) is 0 Å². The van der Waals surface area contributed by atoms with Gasteiger partial charge < -0.3 is 4.98 Å². The molecule has 3 rings (SSSR count). The maximum Gasteiger partial charge on any atom is 0.130 e. The highest BCUT2D eigenvalue weighted by Crippen LogP contribution is 2.37.